The summed E-state index contributed by atoms with van der Waals surface area (Å²) in [6, 6.07) is 8.59. The minimum Gasteiger partial charge on any atom is -0.486 e. The normalized spacial score (nSPS) is 15.3. The fraction of sp³-hybridized carbons (Fsp3) is 0.368. The van der Waals surface area contributed by atoms with Crippen molar-refractivity contribution >= 4 is 11.9 Å². The fourth-order valence-corrected chi connectivity index (χ4v) is 2.56. The number of benzene rings is 1. The van der Waals surface area contributed by atoms with Gasteiger partial charge in [-0.1, -0.05) is 0 Å². The average molecular weight is 377 g/mol. The molecule has 8 heteroatoms. The molecule has 0 radical (unpaired) electrons. The SMILES string of the molecule is C[C@@H](OC(=O)c1ccc(COc2ccc(F)cc2)o1)C(=O)N1CCOCC1. The Hall–Kier alpha value is -2.87. The molecule has 0 aliphatic carbocycles. The van der Waals surface area contributed by atoms with E-state index in [9.17, 15) is 14.0 Å². The lowest BCUT2D eigenvalue weighted by Gasteiger charge is -2.28. The molecule has 1 aromatic carbocycles. The number of halogens is 1. The molecule has 0 bridgehead atoms. The molecule has 27 heavy (non-hydrogen) atoms. The van der Waals surface area contributed by atoms with Crippen molar-refractivity contribution in [3.05, 3.63) is 53.7 Å². The number of rotatable bonds is 6. The van der Waals surface area contributed by atoms with Crippen molar-refractivity contribution in [3.8, 4) is 5.75 Å². The highest BCUT2D eigenvalue weighted by Gasteiger charge is 2.26. The Labute approximate surface area is 155 Å². The van der Waals surface area contributed by atoms with Gasteiger partial charge in [0.1, 0.15) is 23.9 Å². The molecule has 0 saturated carbocycles. The van der Waals surface area contributed by atoms with Gasteiger partial charge in [0, 0.05) is 13.1 Å². The maximum atomic E-state index is 12.9. The third-order valence-electron chi connectivity index (χ3n) is 4.01. The van der Waals surface area contributed by atoms with E-state index in [2.05, 4.69) is 0 Å². The molecule has 0 unspecified atom stereocenters. The number of amides is 1. The largest absolute Gasteiger partial charge is 0.486 e. The second-order valence-electron chi connectivity index (χ2n) is 5.99. The Morgan fingerprint density at radius 1 is 1.15 bits per heavy atom. The van der Waals surface area contributed by atoms with Gasteiger partial charge in [0.25, 0.3) is 5.91 Å². The summed E-state index contributed by atoms with van der Waals surface area (Å²) in [7, 11) is 0. The van der Waals surface area contributed by atoms with Gasteiger partial charge >= 0.3 is 5.97 Å². The van der Waals surface area contributed by atoms with E-state index in [1.165, 1.54) is 37.3 Å². The molecule has 0 N–H and O–H groups in total. The Bertz CT molecular complexity index is 782. The number of furan rings is 1. The molecule has 1 aliphatic heterocycles. The van der Waals surface area contributed by atoms with Crippen LogP contribution in [0.3, 0.4) is 0 Å². The predicted octanol–water partition coefficient (Wildman–Crippen LogP) is 2.40. The Morgan fingerprint density at radius 3 is 2.56 bits per heavy atom. The molecule has 0 spiro atoms. The molecule has 144 valence electrons. The average Bonchev–Trinajstić information content (AvgIpc) is 3.17. The first-order valence-electron chi connectivity index (χ1n) is 8.57. The predicted molar refractivity (Wildman–Crippen MR) is 91.7 cm³/mol. The lowest BCUT2D eigenvalue weighted by molar-refractivity contribution is -0.143. The minimum absolute atomic E-state index is 0.0191. The number of ether oxygens (including phenoxy) is 3. The van der Waals surface area contributed by atoms with E-state index < -0.39 is 12.1 Å². The zero-order valence-corrected chi connectivity index (χ0v) is 14.9. The first-order chi connectivity index (χ1) is 13.0. The lowest BCUT2D eigenvalue weighted by Crippen LogP contribution is -2.46. The summed E-state index contributed by atoms with van der Waals surface area (Å²) in [5.41, 5.74) is 0. The van der Waals surface area contributed by atoms with Crippen molar-refractivity contribution in [1.82, 2.24) is 4.90 Å². The fourth-order valence-electron chi connectivity index (χ4n) is 2.56. The molecular weight excluding hydrogens is 357 g/mol. The topological polar surface area (TPSA) is 78.2 Å². The molecule has 1 aromatic heterocycles. The molecule has 3 rings (SSSR count). The summed E-state index contributed by atoms with van der Waals surface area (Å²) in [5, 5.41) is 0. The number of hydrogen-bond acceptors (Lipinski definition) is 6. The first kappa shape index (κ1) is 18.9. The number of nitrogens with zero attached hydrogens (tertiary/aromatic N) is 1. The number of esters is 1. The molecule has 2 aromatic rings. The highest BCUT2D eigenvalue weighted by molar-refractivity contribution is 5.90. The van der Waals surface area contributed by atoms with Crippen LogP contribution in [0, 0.1) is 5.82 Å². The van der Waals surface area contributed by atoms with Crippen LogP contribution in [0.1, 0.15) is 23.2 Å². The van der Waals surface area contributed by atoms with E-state index in [1.807, 2.05) is 0 Å². The third kappa shape index (κ3) is 5.07. The molecule has 1 aliphatic rings. The van der Waals surface area contributed by atoms with Crippen LogP contribution in [0.5, 0.6) is 5.75 Å². The van der Waals surface area contributed by atoms with Crippen LogP contribution in [-0.4, -0.2) is 49.2 Å². The summed E-state index contributed by atoms with van der Waals surface area (Å²) in [6.45, 7) is 3.50. The van der Waals surface area contributed by atoms with Crippen LogP contribution in [0.2, 0.25) is 0 Å². The summed E-state index contributed by atoms with van der Waals surface area (Å²) < 4.78 is 34.1. The van der Waals surface area contributed by atoms with Gasteiger partial charge in [-0.25, -0.2) is 9.18 Å². The Morgan fingerprint density at radius 2 is 1.85 bits per heavy atom. The molecule has 1 fully saturated rings. The van der Waals surface area contributed by atoms with Crippen molar-refractivity contribution in [2.45, 2.75) is 19.6 Å². The maximum Gasteiger partial charge on any atom is 0.375 e. The van der Waals surface area contributed by atoms with Crippen LogP contribution < -0.4 is 4.74 Å². The lowest BCUT2D eigenvalue weighted by atomic mass is 10.3. The van der Waals surface area contributed by atoms with Gasteiger partial charge in [0.05, 0.1) is 13.2 Å². The van der Waals surface area contributed by atoms with Crippen molar-refractivity contribution in [2.24, 2.45) is 0 Å². The van der Waals surface area contributed by atoms with Gasteiger partial charge in [-0.3, -0.25) is 4.79 Å². The van der Waals surface area contributed by atoms with Gasteiger partial charge in [-0.05, 0) is 43.3 Å². The van der Waals surface area contributed by atoms with Crippen molar-refractivity contribution in [3.63, 3.8) is 0 Å². The zero-order chi connectivity index (χ0) is 19.2. The van der Waals surface area contributed by atoms with Crippen LogP contribution in [0.25, 0.3) is 0 Å². The van der Waals surface area contributed by atoms with Crippen molar-refractivity contribution < 1.29 is 32.6 Å². The highest BCUT2D eigenvalue weighted by Crippen LogP contribution is 2.16. The van der Waals surface area contributed by atoms with E-state index >= 15 is 0 Å². The van der Waals surface area contributed by atoms with Crippen LogP contribution in [0.15, 0.2) is 40.8 Å². The van der Waals surface area contributed by atoms with Crippen LogP contribution in [0.4, 0.5) is 4.39 Å². The molecule has 7 nitrogen and oxygen atoms in total. The first-order valence-corrected chi connectivity index (χ1v) is 8.57. The second kappa shape index (κ2) is 8.68. The summed E-state index contributed by atoms with van der Waals surface area (Å²) in [5.74, 6) is -0.490. The molecule has 2 heterocycles. The van der Waals surface area contributed by atoms with E-state index in [1.54, 1.807) is 11.0 Å². The highest BCUT2D eigenvalue weighted by atomic mass is 19.1. The smallest absolute Gasteiger partial charge is 0.375 e. The Balaban J connectivity index is 1.51. The number of carbonyl (C=O) groups excluding carboxylic acids is 2. The van der Waals surface area contributed by atoms with Crippen molar-refractivity contribution in [1.29, 1.82) is 0 Å². The Kier molecular flexibility index (Phi) is 6.08. The summed E-state index contributed by atoms with van der Waals surface area (Å²) >= 11 is 0. The minimum atomic E-state index is -0.917. The summed E-state index contributed by atoms with van der Waals surface area (Å²) in [4.78, 5) is 26.0. The molecule has 1 atom stereocenters. The zero-order valence-electron chi connectivity index (χ0n) is 14.9. The molecular formula is C19H20FNO6. The standard InChI is InChI=1S/C19H20FNO6/c1-13(18(22)21-8-10-24-11-9-21)26-19(23)17-7-6-16(27-17)12-25-15-4-2-14(20)3-5-15/h2-7,13H,8-12H2,1H3/t13-/m1/s1. The monoisotopic (exact) mass is 377 g/mol. The van der Waals surface area contributed by atoms with E-state index in [4.69, 9.17) is 18.6 Å². The van der Waals surface area contributed by atoms with Crippen molar-refractivity contribution in [2.75, 3.05) is 26.3 Å². The van der Waals surface area contributed by atoms with Crippen LogP contribution >= 0.6 is 0 Å². The van der Waals surface area contributed by atoms with Crippen LogP contribution in [-0.2, 0) is 20.9 Å². The summed E-state index contributed by atoms with van der Waals surface area (Å²) in [6.07, 6.45) is -0.917. The van der Waals surface area contributed by atoms with Gasteiger partial charge in [0.15, 0.2) is 6.10 Å². The third-order valence-corrected chi connectivity index (χ3v) is 4.01. The number of carbonyl (C=O) groups is 2. The van der Waals surface area contributed by atoms with E-state index in [0.29, 0.717) is 37.8 Å². The second-order valence-corrected chi connectivity index (χ2v) is 5.99. The van der Waals surface area contributed by atoms with Gasteiger partial charge < -0.3 is 23.5 Å². The van der Waals surface area contributed by atoms with Gasteiger partial charge in [-0.2, -0.15) is 0 Å². The van der Waals surface area contributed by atoms with Gasteiger partial charge in [0.2, 0.25) is 5.76 Å². The molecule has 1 amide bonds. The quantitative estimate of drug-likeness (QED) is 0.720. The molecule has 1 saturated heterocycles. The number of hydrogen-bond donors (Lipinski definition) is 0. The van der Waals surface area contributed by atoms with E-state index in [-0.39, 0.29) is 24.1 Å². The van der Waals surface area contributed by atoms with E-state index in [0.717, 1.165) is 0 Å². The maximum absolute atomic E-state index is 12.9. The van der Waals surface area contributed by atoms with Gasteiger partial charge in [-0.15, -0.1) is 0 Å². The number of morpholine rings is 1.